The first-order chi connectivity index (χ1) is 5.88. The van der Waals surface area contributed by atoms with E-state index in [1.54, 1.807) is 0 Å². The first-order valence-electron chi connectivity index (χ1n) is 3.46. The standard InChI is InChI=1S/C6H9F5O2/c1-2-12-5(6(9,10)11)13-3-4(7)8/h4-5H,2-3H2,1H3. The van der Waals surface area contributed by atoms with Crippen molar-refractivity contribution in [2.45, 2.75) is 25.8 Å². The Labute approximate surface area is 71.6 Å². The average molecular weight is 208 g/mol. The zero-order valence-electron chi connectivity index (χ0n) is 6.78. The lowest BCUT2D eigenvalue weighted by atomic mass is 10.6. The van der Waals surface area contributed by atoms with Gasteiger partial charge in [0.1, 0.15) is 6.61 Å². The molecule has 1 atom stereocenters. The lowest BCUT2D eigenvalue weighted by molar-refractivity contribution is -0.313. The topological polar surface area (TPSA) is 18.5 Å². The van der Waals surface area contributed by atoms with Gasteiger partial charge in [-0.1, -0.05) is 0 Å². The summed E-state index contributed by atoms with van der Waals surface area (Å²) in [6.07, 6.45) is -10.3. The van der Waals surface area contributed by atoms with Gasteiger partial charge in [-0.2, -0.15) is 13.2 Å². The first kappa shape index (κ1) is 12.6. The Kier molecular flexibility index (Phi) is 5.16. The molecule has 0 heterocycles. The highest BCUT2D eigenvalue weighted by atomic mass is 19.4. The van der Waals surface area contributed by atoms with Crippen molar-refractivity contribution in [3.8, 4) is 0 Å². The molecular weight excluding hydrogens is 199 g/mol. The summed E-state index contributed by atoms with van der Waals surface area (Å²) in [7, 11) is 0. The lowest BCUT2D eigenvalue weighted by Crippen LogP contribution is -2.35. The summed E-state index contributed by atoms with van der Waals surface area (Å²) in [6.45, 7) is -0.234. The molecule has 0 aromatic heterocycles. The second-order valence-electron chi connectivity index (χ2n) is 2.05. The normalized spacial score (nSPS) is 15.0. The third-order valence-corrected chi connectivity index (χ3v) is 0.959. The third kappa shape index (κ3) is 5.75. The van der Waals surface area contributed by atoms with Crippen LogP contribution in [0.25, 0.3) is 0 Å². The molecule has 0 amide bonds. The number of ether oxygens (including phenoxy) is 2. The molecular formula is C6H9F5O2. The minimum atomic E-state index is -4.77. The molecule has 0 aliphatic carbocycles. The van der Waals surface area contributed by atoms with Crippen LogP contribution in [0.5, 0.6) is 0 Å². The number of alkyl halides is 5. The van der Waals surface area contributed by atoms with Crippen molar-refractivity contribution in [2.24, 2.45) is 0 Å². The van der Waals surface area contributed by atoms with Gasteiger partial charge in [-0.15, -0.1) is 0 Å². The lowest BCUT2D eigenvalue weighted by Gasteiger charge is -2.19. The molecule has 0 N–H and O–H groups in total. The van der Waals surface area contributed by atoms with Crippen LogP contribution in [0.4, 0.5) is 22.0 Å². The molecule has 7 heteroatoms. The van der Waals surface area contributed by atoms with E-state index in [-0.39, 0.29) is 6.61 Å². The third-order valence-electron chi connectivity index (χ3n) is 0.959. The highest BCUT2D eigenvalue weighted by Gasteiger charge is 2.42. The highest BCUT2D eigenvalue weighted by molar-refractivity contribution is 4.56. The molecule has 0 rings (SSSR count). The maximum Gasteiger partial charge on any atom is 0.440 e. The van der Waals surface area contributed by atoms with Gasteiger partial charge in [0.2, 0.25) is 0 Å². The molecule has 0 aliphatic rings. The van der Waals surface area contributed by atoms with Crippen molar-refractivity contribution >= 4 is 0 Å². The van der Waals surface area contributed by atoms with E-state index in [0.29, 0.717) is 0 Å². The average Bonchev–Trinajstić information content (AvgIpc) is 1.95. The summed E-state index contributed by atoms with van der Waals surface area (Å²) in [5.41, 5.74) is 0. The van der Waals surface area contributed by atoms with E-state index in [1.165, 1.54) is 6.92 Å². The van der Waals surface area contributed by atoms with E-state index in [2.05, 4.69) is 9.47 Å². The molecule has 0 fully saturated rings. The number of rotatable bonds is 5. The van der Waals surface area contributed by atoms with E-state index in [0.717, 1.165) is 0 Å². The fourth-order valence-corrected chi connectivity index (χ4v) is 0.549. The van der Waals surface area contributed by atoms with Gasteiger partial charge in [0.25, 0.3) is 12.7 Å². The Balaban J connectivity index is 3.95. The number of hydrogen-bond acceptors (Lipinski definition) is 2. The van der Waals surface area contributed by atoms with Crippen LogP contribution in [0.2, 0.25) is 0 Å². The Morgan fingerprint density at radius 3 is 2.00 bits per heavy atom. The van der Waals surface area contributed by atoms with Crippen LogP contribution in [0.1, 0.15) is 6.92 Å². The molecule has 0 saturated heterocycles. The Morgan fingerprint density at radius 2 is 1.69 bits per heavy atom. The van der Waals surface area contributed by atoms with E-state index in [4.69, 9.17) is 0 Å². The second-order valence-corrected chi connectivity index (χ2v) is 2.05. The Bertz CT molecular complexity index is 135. The second kappa shape index (κ2) is 5.33. The van der Waals surface area contributed by atoms with E-state index < -0.39 is 25.5 Å². The SMILES string of the molecule is CCOC(OCC(F)F)C(F)(F)F. The molecule has 0 saturated carbocycles. The molecule has 0 aromatic carbocycles. The fraction of sp³-hybridized carbons (Fsp3) is 1.00. The summed E-state index contributed by atoms with van der Waals surface area (Å²) in [5, 5.41) is 0. The van der Waals surface area contributed by atoms with Gasteiger partial charge in [0, 0.05) is 6.61 Å². The van der Waals surface area contributed by atoms with Crippen LogP contribution in [0.3, 0.4) is 0 Å². The minimum Gasteiger partial charge on any atom is -0.345 e. The largest absolute Gasteiger partial charge is 0.440 e. The zero-order chi connectivity index (χ0) is 10.5. The van der Waals surface area contributed by atoms with Gasteiger partial charge in [-0.25, -0.2) is 8.78 Å². The van der Waals surface area contributed by atoms with Gasteiger partial charge in [0.05, 0.1) is 0 Å². The predicted octanol–water partition coefficient (Wildman–Crippen LogP) is 2.19. The molecule has 0 aromatic rings. The smallest absolute Gasteiger partial charge is 0.345 e. The van der Waals surface area contributed by atoms with Crippen molar-refractivity contribution in [2.75, 3.05) is 13.2 Å². The van der Waals surface area contributed by atoms with Crippen molar-refractivity contribution in [3.63, 3.8) is 0 Å². The maximum absolute atomic E-state index is 11.9. The van der Waals surface area contributed by atoms with Crippen molar-refractivity contribution in [1.29, 1.82) is 0 Å². The van der Waals surface area contributed by atoms with E-state index in [1.807, 2.05) is 0 Å². The number of halogens is 5. The Hall–Kier alpha value is -0.430. The number of hydrogen-bond donors (Lipinski definition) is 0. The van der Waals surface area contributed by atoms with Crippen LogP contribution < -0.4 is 0 Å². The van der Waals surface area contributed by atoms with Crippen molar-refractivity contribution < 1.29 is 31.4 Å². The van der Waals surface area contributed by atoms with E-state index in [9.17, 15) is 22.0 Å². The summed E-state index contributed by atoms with van der Waals surface area (Å²) < 4.78 is 66.4. The van der Waals surface area contributed by atoms with Crippen molar-refractivity contribution in [3.05, 3.63) is 0 Å². The summed E-state index contributed by atoms with van der Waals surface area (Å²) >= 11 is 0. The molecule has 80 valence electrons. The Morgan fingerprint density at radius 1 is 1.15 bits per heavy atom. The quantitative estimate of drug-likeness (QED) is 0.509. The van der Waals surface area contributed by atoms with Crippen LogP contribution in [0, 0.1) is 0 Å². The minimum absolute atomic E-state index is 0.257. The predicted molar refractivity (Wildman–Crippen MR) is 33.4 cm³/mol. The van der Waals surface area contributed by atoms with Gasteiger partial charge >= 0.3 is 6.18 Å². The van der Waals surface area contributed by atoms with Gasteiger partial charge in [-0.05, 0) is 6.92 Å². The summed E-state index contributed by atoms with van der Waals surface area (Å²) in [4.78, 5) is 0. The zero-order valence-corrected chi connectivity index (χ0v) is 6.78. The molecule has 2 nitrogen and oxygen atoms in total. The van der Waals surface area contributed by atoms with Gasteiger partial charge in [-0.3, -0.25) is 0 Å². The molecule has 1 unspecified atom stereocenters. The molecule has 13 heavy (non-hydrogen) atoms. The monoisotopic (exact) mass is 208 g/mol. The summed E-state index contributed by atoms with van der Waals surface area (Å²) in [6, 6.07) is 0. The van der Waals surface area contributed by atoms with E-state index >= 15 is 0 Å². The van der Waals surface area contributed by atoms with Crippen LogP contribution >= 0.6 is 0 Å². The summed E-state index contributed by atoms with van der Waals surface area (Å²) in [5.74, 6) is 0. The van der Waals surface area contributed by atoms with Crippen LogP contribution in [-0.2, 0) is 9.47 Å². The first-order valence-corrected chi connectivity index (χ1v) is 3.46. The molecule has 0 radical (unpaired) electrons. The fourth-order valence-electron chi connectivity index (χ4n) is 0.549. The van der Waals surface area contributed by atoms with Crippen LogP contribution in [-0.4, -0.2) is 32.1 Å². The van der Waals surface area contributed by atoms with Gasteiger partial charge in [0.15, 0.2) is 0 Å². The molecule has 0 spiro atoms. The van der Waals surface area contributed by atoms with Gasteiger partial charge < -0.3 is 9.47 Å². The molecule has 0 aliphatic heterocycles. The van der Waals surface area contributed by atoms with Crippen molar-refractivity contribution in [1.82, 2.24) is 0 Å². The molecule has 0 bridgehead atoms. The highest BCUT2D eigenvalue weighted by Crippen LogP contribution is 2.24. The van der Waals surface area contributed by atoms with Crippen LogP contribution in [0.15, 0.2) is 0 Å². The maximum atomic E-state index is 11.9.